The molecule has 6 nitrogen and oxygen atoms in total. The molecule has 0 aliphatic carbocycles. The topological polar surface area (TPSA) is 92.5 Å². The summed E-state index contributed by atoms with van der Waals surface area (Å²) in [5, 5.41) is 10.9. The lowest BCUT2D eigenvalue weighted by Gasteiger charge is -2.12. The van der Waals surface area contributed by atoms with E-state index in [0.29, 0.717) is 11.6 Å². The highest BCUT2D eigenvalue weighted by molar-refractivity contribution is 7.98. The summed E-state index contributed by atoms with van der Waals surface area (Å²) in [5.74, 6) is 2.68. The van der Waals surface area contributed by atoms with Gasteiger partial charge in [-0.25, -0.2) is 0 Å². The van der Waals surface area contributed by atoms with Crippen molar-refractivity contribution in [3.63, 3.8) is 0 Å². The van der Waals surface area contributed by atoms with E-state index in [1.54, 1.807) is 6.20 Å². The van der Waals surface area contributed by atoms with Crippen LogP contribution >= 0.6 is 11.8 Å². The number of nitrogen functional groups attached to an aromatic ring is 1. The maximum Gasteiger partial charge on any atom is 0.224 e. The van der Waals surface area contributed by atoms with E-state index in [9.17, 15) is 0 Å². The highest BCUT2D eigenvalue weighted by Gasteiger charge is 2.08. The fraction of sp³-hybridized carbons (Fsp3) is 0.500. The van der Waals surface area contributed by atoms with Crippen LogP contribution in [0.4, 0.5) is 11.8 Å². The Labute approximate surface area is 104 Å². The van der Waals surface area contributed by atoms with Crippen molar-refractivity contribution in [1.29, 1.82) is 0 Å². The molecule has 0 saturated carbocycles. The number of rotatable bonds is 5. The number of anilines is 2. The Kier molecular flexibility index (Phi) is 3.68. The van der Waals surface area contributed by atoms with Crippen molar-refractivity contribution in [2.75, 3.05) is 29.6 Å². The first-order valence-corrected chi connectivity index (χ1v) is 6.79. The number of hydrogen-bond donors (Lipinski definition) is 3. The SMILES string of the molecule is CSCC(C)CNc1nc(N)nc2[nH]ncc12. The molecule has 2 aromatic rings. The van der Waals surface area contributed by atoms with Gasteiger partial charge in [0.25, 0.3) is 0 Å². The molecule has 0 bridgehead atoms. The molecule has 2 aromatic heterocycles. The molecule has 0 fully saturated rings. The molecule has 0 amide bonds. The van der Waals surface area contributed by atoms with Crippen molar-refractivity contribution in [2.45, 2.75) is 6.92 Å². The van der Waals surface area contributed by atoms with E-state index < -0.39 is 0 Å². The number of aromatic amines is 1. The Balaban J connectivity index is 2.14. The van der Waals surface area contributed by atoms with Crippen LogP contribution in [0.25, 0.3) is 11.0 Å². The number of aromatic nitrogens is 4. The van der Waals surface area contributed by atoms with Gasteiger partial charge in [0.2, 0.25) is 5.95 Å². The van der Waals surface area contributed by atoms with E-state index in [-0.39, 0.29) is 5.95 Å². The average Bonchev–Trinajstić information content (AvgIpc) is 2.74. The molecule has 4 N–H and O–H groups in total. The van der Waals surface area contributed by atoms with Gasteiger partial charge in [-0.15, -0.1) is 0 Å². The first-order chi connectivity index (χ1) is 8.20. The summed E-state index contributed by atoms with van der Waals surface area (Å²) in [6.07, 6.45) is 3.81. The van der Waals surface area contributed by atoms with Crippen molar-refractivity contribution < 1.29 is 0 Å². The minimum Gasteiger partial charge on any atom is -0.369 e. The summed E-state index contributed by atoms with van der Waals surface area (Å²) in [5.41, 5.74) is 6.30. The van der Waals surface area contributed by atoms with Crippen molar-refractivity contribution in [3.05, 3.63) is 6.20 Å². The van der Waals surface area contributed by atoms with Crippen LogP contribution in [0.1, 0.15) is 6.92 Å². The second kappa shape index (κ2) is 5.22. The third kappa shape index (κ3) is 2.79. The number of hydrogen-bond acceptors (Lipinski definition) is 6. The first kappa shape index (κ1) is 12.0. The predicted octanol–water partition coefficient (Wildman–Crippen LogP) is 1.35. The Morgan fingerprint density at radius 1 is 1.53 bits per heavy atom. The monoisotopic (exact) mass is 252 g/mol. The Bertz CT molecular complexity index is 497. The summed E-state index contributed by atoms with van der Waals surface area (Å²) in [7, 11) is 0. The molecule has 92 valence electrons. The van der Waals surface area contributed by atoms with Gasteiger partial charge in [-0.1, -0.05) is 6.92 Å². The molecule has 0 aliphatic rings. The van der Waals surface area contributed by atoms with Crippen LogP contribution in [-0.2, 0) is 0 Å². The maximum atomic E-state index is 5.63. The summed E-state index contributed by atoms with van der Waals surface area (Å²) in [4.78, 5) is 8.26. The molecule has 0 radical (unpaired) electrons. The Morgan fingerprint density at radius 2 is 2.35 bits per heavy atom. The van der Waals surface area contributed by atoms with Gasteiger partial charge in [0.15, 0.2) is 5.65 Å². The van der Waals surface area contributed by atoms with Gasteiger partial charge in [0.1, 0.15) is 5.82 Å². The summed E-state index contributed by atoms with van der Waals surface area (Å²) < 4.78 is 0. The Morgan fingerprint density at radius 3 is 3.12 bits per heavy atom. The van der Waals surface area contributed by atoms with E-state index in [0.717, 1.165) is 23.5 Å². The molecule has 0 saturated heterocycles. The zero-order valence-corrected chi connectivity index (χ0v) is 10.7. The van der Waals surface area contributed by atoms with Gasteiger partial charge in [-0.05, 0) is 17.9 Å². The number of nitrogens with one attached hydrogen (secondary N) is 2. The van der Waals surface area contributed by atoms with Crippen LogP contribution in [0.15, 0.2) is 6.20 Å². The number of nitrogens with zero attached hydrogens (tertiary/aromatic N) is 3. The molecule has 1 unspecified atom stereocenters. The minimum absolute atomic E-state index is 0.252. The molecule has 7 heteroatoms. The highest BCUT2D eigenvalue weighted by Crippen LogP contribution is 2.19. The van der Waals surface area contributed by atoms with Gasteiger partial charge in [0.05, 0.1) is 11.6 Å². The largest absolute Gasteiger partial charge is 0.369 e. The van der Waals surface area contributed by atoms with Gasteiger partial charge in [0, 0.05) is 6.54 Å². The second-order valence-electron chi connectivity index (χ2n) is 4.00. The third-order valence-electron chi connectivity index (χ3n) is 2.40. The summed E-state index contributed by atoms with van der Waals surface area (Å²) in [6.45, 7) is 3.05. The quantitative estimate of drug-likeness (QED) is 0.743. The number of H-pyrrole nitrogens is 1. The van der Waals surface area contributed by atoms with Gasteiger partial charge in [-0.3, -0.25) is 5.10 Å². The zero-order chi connectivity index (χ0) is 12.3. The van der Waals surface area contributed by atoms with E-state index in [4.69, 9.17) is 5.73 Å². The van der Waals surface area contributed by atoms with Crippen molar-refractivity contribution in [3.8, 4) is 0 Å². The maximum absolute atomic E-state index is 5.63. The van der Waals surface area contributed by atoms with Gasteiger partial charge < -0.3 is 11.1 Å². The fourth-order valence-electron chi connectivity index (χ4n) is 1.60. The molecular formula is C10H16N6S. The van der Waals surface area contributed by atoms with Crippen LogP contribution in [0.3, 0.4) is 0 Å². The molecule has 0 spiro atoms. The molecule has 0 aromatic carbocycles. The van der Waals surface area contributed by atoms with E-state index in [1.807, 2.05) is 11.8 Å². The van der Waals surface area contributed by atoms with Gasteiger partial charge >= 0.3 is 0 Å². The lowest BCUT2D eigenvalue weighted by atomic mass is 10.2. The normalized spacial score (nSPS) is 12.8. The Hall–Kier alpha value is -1.50. The molecule has 2 rings (SSSR count). The second-order valence-corrected chi connectivity index (χ2v) is 4.91. The lowest BCUT2D eigenvalue weighted by molar-refractivity contribution is 0.700. The van der Waals surface area contributed by atoms with Crippen LogP contribution in [0.2, 0.25) is 0 Å². The van der Waals surface area contributed by atoms with Crippen LogP contribution < -0.4 is 11.1 Å². The average molecular weight is 252 g/mol. The molecular weight excluding hydrogens is 236 g/mol. The summed E-state index contributed by atoms with van der Waals surface area (Å²) in [6, 6.07) is 0. The third-order valence-corrected chi connectivity index (χ3v) is 3.30. The minimum atomic E-state index is 0.252. The summed E-state index contributed by atoms with van der Waals surface area (Å²) >= 11 is 1.84. The van der Waals surface area contributed by atoms with E-state index in [1.165, 1.54) is 0 Å². The number of thioether (sulfide) groups is 1. The van der Waals surface area contributed by atoms with E-state index >= 15 is 0 Å². The fourth-order valence-corrected chi connectivity index (χ4v) is 2.29. The van der Waals surface area contributed by atoms with Crippen LogP contribution in [-0.4, -0.2) is 38.7 Å². The van der Waals surface area contributed by atoms with E-state index in [2.05, 4.69) is 38.7 Å². The lowest BCUT2D eigenvalue weighted by Crippen LogP contribution is -2.14. The standard InChI is InChI=1S/C10H16N6S/c1-6(5-17-2)3-12-8-7-4-13-16-9(7)15-10(11)14-8/h4,6H,3,5H2,1-2H3,(H4,11,12,13,14,15,16). The number of nitrogens with two attached hydrogens (primary N) is 1. The zero-order valence-electron chi connectivity index (χ0n) is 9.90. The molecule has 1 atom stereocenters. The van der Waals surface area contributed by atoms with Crippen molar-refractivity contribution in [2.24, 2.45) is 5.92 Å². The van der Waals surface area contributed by atoms with Crippen LogP contribution in [0.5, 0.6) is 0 Å². The molecule has 0 aliphatic heterocycles. The van der Waals surface area contributed by atoms with Crippen molar-refractivity contribution >= 4 is 34.6 Å². The van der Waals surface area contributed by atoms with Crippen molar-refractivity contribution in [1.82, 2.24) is 20.2 Å². The first-order valence-electron chi connectivity index (χ1n) is 5.40. The highest BCUT2D eigenvalue weighted by atomic mass is 32.2. The van der Waals surface area contributed by atoms with Crippen LogP contribution in [0, 0.1) is 5.92 Å². The number of fused-ring (bicyclic) bond motifs is 1. The molecule has 17 heavy (non-hydrogen) atoms. The molecule has 2 heterocycles. The smallest absolute Gasteiger partial charge is 0.224 e. The van der Waals surface area contributed by atoms with Gasteiger partial charge in [-0.2, -0.15) is 26.8 Å². The predicted molar refractivity (Wildman–Crippen MR) is 72.1 cm³/mol.